The highest BCUT2D eigenvalue weighted by Gasteiger charge is 2.33. The monoisotopic (exact) mass is 311 g/mol. The second-order valence-corrected chi connectivity index (χ2v) is 5.93. The average molecular weight is 311 g/mol. The van der Waals surface area contributed by atoms with Crippen LogP contribution in [-0.4, -0.2) is 58.7 Å². The minimum absolute atomic E-state index is 0.250. The van der Waals surface area contributed by atoms with E-state index < -0.39 is 0 Å². The molecule has 3 N–H and O–H groups in total. The third-order valence-electron chi connectivity index (χ3n) is 3.97. The number of thiocarbonyl (C=S) groups is 1. The summed E-state index contributed by atoms with van der Waals surface area (Å²) in [5.74, 6) is 0.827. The van der Waals surface area contributed by atoms with Crippen LogP contribution < -0.4 is 20.9 Å². The number of methoxy groups -OCH3 is 1. The molecule has 1 aliphatic heterocycles. The summed E-state index contributed by atoms with van der Waals surface area (Å²) in [4.78, 5) is 23.3. The van der Waals surface area contributed by atoms with Gasteiger partial charge in [0.2, 0.25) is 5.75 Å². The molecule has 0 radical (unpaired) electrons. The van der Waals surface area contributed by atoms with E-state index in [1.165, 1.54) is 13.4 Å². The molecule has 0 bridgehead atoms. The van der Waals surface area contributed by atoms with Crippen molar-refractivity contribution in [3.63, 3.8) is 0 Å². The summed E-state index contributed by atoms with van der Waals surface area (Å²) in [6.07, 6.45) is 1.39. The molecular weight excluding hydrogens is 290 g/mol. The fourth-order valence-corrected chi connectivity index (χ4v) is 2.55. The van der Waals surface area contributed by atoms with E-state index in [9.17, 15) is 4.79 Å². The molecule has 1 fully saturated rings. The standard InChI is InChI=1S/C13H21N5O2S/c1-13(2,12(14)21)18-6-4-17(5-7-18)10-9(20-3)11(19)16-8-15-10/h8H,4-7H2,1-3H3,(H2,14,21)(H,15,16,19). The third kappa shape index (κ3) is 3.01. The normalized spacial score (nSPS) is 16.8. The Balaban J connectivity index is 2.14. The molecule has 7 nitrogen and oxygen atoms in total. The van der Waals surface area contributed by atoms with E-state index in [2.05, 4.69) is 14.9 Å². The Hall–Kier alpha value is -1.67. The zero-order valence-corrected chi connectivity index (χ0v) is 13.4. The molecule has 2 rings (SSSR count). The second-order valence-electron chi connectivity index (χ2n) is 5.49. The van der Waals surface area contributed by atoms with Crippen molar-refractivity contribution in [3.8, 4) is 5.75 Å². The topological polar surface area (TPSA) is 87.5 Å². The minimum atomic E-state index is -0.312. The highest BCUT2D eigenvalue weighted by atomic mass is 32.1. The summed E-state index contributed by atoms with van der Waals surface area (Å²) >= 11 is 5.14. The van der Waals surface area contributed by atoms with Gasteiger partial charge in [-0.1, -0.05) is 12.2 Å². The number of rotatable bonds is 4. The van der Waals surface area contributed by atoms with Gasteiger partial charge in [0.25, 0.3) is 5.56 Å². The zero-order valence-electron chi connectivity index (χ0n) is 12.5. The van der Waals surface area contributed by atoms with E-state index >= 15 is 0 Å². The molecule has 0 aliphatic carbocycles. The largest absolute Gasteiger partial charge is 0.489 e. The SMILES string of the molecule is COc1c(N2CCN(C(C)(C)C(N)=S)CC2)nc[nH]c1=O. The van der Waals surface area contributed by atoms with Crippen molar-refractivity contribution < 1.29 is 4.74 Å². The molecule has 2 heterocycles. The van der Waals surface area contributed by atoms with Crippen LogP contribution in [0.2, 0.25) is 0 Å². The maximum Gasteiger partial charge on any atom is 0.295 e. The van der Waals surface area contributed by atoms with Gasteiger partial charge in [0.15, 0.2) is 5.82 Å². The van der Waals surface area contributed by atoms with Crippen LogP contribution in [0.3, 0.4) is 0 Å². The fourth-order valence-electron chi connectivity index (χ4n) is 2.42. The maximum atomic E-state index is 11.7. The van der Waals surface area contributed by atoms with Gasteiger partial charge in [0, 0.05) is 26.2 Å². The lowest BCUT2D eigenvalue weighted by atomic mass is 10.0. The molecule has 1 saturated heterocycles. The minimum Gasteiger partial charge on any atom is -0.489 e. The number of H-pyrrole nitrogens is 1. The molecule has 1 aromatic heterocycles. The van der Waals surface area contributed by atoms with Crippen LogP contribution in [0, 0.1) is 0 Å². The number of nitrogens with two attached hydrogens (primary N) is 1. The van der Waals surface area contributed by atoms with Crippen molar-refractivity contribution in [3.05, 3.63) is 16.7 Å². The molecule has 0 saturated carbocycles. The summed E-state index contributed by atoms with van der Waals surface area (Å²) in [7, 11) is 1.47. The Morgan fingerprint density at radius 3 is 2.57 bits per heavy atom. The van der Waals surface area contributed by atoms with Crippen molar-refractivity contribution in [2.24, 2.45) is 5.73 Å². The Morgan fingerprint density at radius 2 is 2.05 bits per heavy atom. The van der Waals surface area contributed by atoms with Crippen LogP contribution in [0.1, 0.15) is 13.8 Å². The molecule has 8 heteroatoms. The van der Waals surface area contributed by atoms with E-state index in [0.29, 0.717) is 10.8 Å². The van der Waals surface area contributed by atoms with Gasteiger partial charge >= 0.3 is 0 Å². The number of hydrogen-bond acceptors (Lipinski definition) is 6. The van der Waals surface area contributed by atoms with Gasteiger partial charge in [-0.25, -0.2) is 4.98 Å². The first-order valence-corrected chi connectivity index (χ1v) is 7.20. The quantitative estimate of drug-likeness (QED) is 0.755. The molecule has 21 heavy (non-hydrogen) atoms. The smallest absolute Gasteiger partial charge is 0.295 e. The number of nitrogens with zero attached hydrogens (tertiary/aromatic N) is 3. The summed E-state index contributed by atoms with van der Waals surface area (Å²) in [5.41, 5.74) is 5.23. The molecule has 1 aliphatic rings. The summed E-state index contributed by atoms with van der Waals surface area (Å²) in [5, 5.41) is 0. The number of aromatic nitrogens is 2. The van der Waals surface area contributed by atoms with Crippen molar-refractivity contribution >= 4 is 23.0 Å². The summed E-state index contributed by atoms with van der Waals surface area (Å²) < 4.78 is 5.16. The number of hydrogen-bond donors (Lipinski definition) is 2. The van der Waals surface area contributed by atoms with E-state index in [1.807, 2.05) is 18.7 Å². The molecule has 0 spiro atoms. The highest BCUT2D eigenvalue weighted by Crippen LogP contribution is 2.24. The number of aromatic amines is 1. The Labute approximate surface area is 129 Å². The summed E-state index contributed by atoms with van der Waals surface area (Å²) in [6.45, 7) is 7.11. The maximum absolute atomic E-state index is 11.7. The first kappa shape index (κ1) is 15.7. The highest BCUT2D eigenvalue weighted by molar-refractivity contribution is 7.80. The van der Waals surface area contributed by atoms with Crippen LogP contribution in [0.5, 0.6) is 5.75 Å². The van der Waals surface area contributed by atoms with Crippen molar-refractivity contribution in [1.82, 2.24) is 14.9 Å². The molecule has 116 valence electrons. The van der Waals surface area contributed by atoms with Crippen LogP contribution in [0.25, 0.3) is 0 Å². The van der Waals surface area contributed by atoms with Crippen molar-refractivity contribution in [1.29, 1.82) is 0 Å². The van der Waals surface area contributed by atoms with Crippen LogP contribution in [0.15, 0.2) is 11.1 Å². The number of nitrogens with one attached hydrogen (secondary N) is 1. The molecular formula is C13H21N5O2S. The number of ether oxygens (including phenoxy) is 1. The lowest BCUT2D eigenvalue weighted by Crippen LogP contribution is -2.59. The fraction of sp³-hybridized carbons (Fsp3) is 0.615. The van der Waals surface area contributed by atoms with E-state index in [1.54, 1.807) is 0 Å². The van der Waals surface area contributed by atoms with E-state index in [0.717, 1.165) is 26.2 Å². The van der Waals surface area contributed by atoms with Gasteiger partial charge in [0.05, 0.1) is 24.0 Å². The third-order valence-corrected chi connectivity index (χ3v) is 4.47. The molecule has 0 aromatic carbocycles. The van der Waals surface area contributed by atoms with E-state index in [4.69, 9.17) is 22.7 Å². The molecule has 1 aromatic rings. The van der Waals surface area contributed by atoms with Gasteiger partial charge in [-0.05, 0) is 13.8 Å². The molecule has 0 amide bonds. The van der Waals surface area contributed by atoms with Crippen LogP contribution >= 0.6 is 12.2 Å². The van der Waals surface area contributed by atoms with Crippen molar-refractivity contribution in [2.45, 2.75) is 19.4 Å². The first-order chi connectivity index (χ1) is 9.87. The Bertz CT molecular complexity index is 578. The number of anilines is 1. The van der Waals surface area contributed by atoms with Gasteiger partial charge in [-0.15, -0.1) is 0 Å². The van der Waals surface area contributed by atoms with Gasteiger partial charge < -0.3 is 20.4 Å². The zero-order chi connectivity index (χ0) is 15.6. The summed E-state index contributed by atoms with van der Waals surface area (Å²) in [6, 6.07) is 0. The van der Waals surface area contributed by atoms with Crippen LogP contribution in [-0.2, 0) is 0 Å². The Kier molecular flexibility index (Phi) is 4.48. The predicted molar refractivity (Wildman–Crippen MR) is 86.1 cm³/mol. The predicted octanol–water partition coefficient (Wildman–Crippen LogP) is -0.0348. The van der Waals surface area contributed by atoms with Crippen LogP contribution in [0.4, 0.5) is 5.82 Å². The second kappa shape index (κ2) is 5.98. The lowest BCUT2D eigenvalue weighted by Gasteiger charge is -2.43. The molecule has 0 unspecified atom stereocenters. The van der Waals surface area contributed by atoms with Gasteiger partial charge in [0.1, 0.15) is 0 Å². The Morgan fingerprint density at radius 1 is 1.43 bits per heavy atom. The number of piperazine rings is 1. The van der Waals surface area contributed by atoms with Gasteiger partial charge in [-0.2, -0.15) is 0 Å². The van der Waals surface area contributed by atoms with Gasteiger partial charge in [-0.3, -0.25) is 9.69 Å². The first-order valence-electron chi connectivity index (χ1n) is 6.79. The van der Waals surface area contributed by atoms with E-state index in [-0.39, 0.29) is 16.8 Å². The molecule has 0 atom stereocenters. The lowest BCUT2D eigenvalue weighted by molar-refractivity contribution is 0.167. The van der Waals surface area contributed by atoms with Crippen molar-refractivity contribution in [2.75, 3.05) is 38.2 Å². The average Bonchev–Trinajstić information content (AvgIpc) is 2.47.